The molecule has 0 spiro atoms. The van der Waals surface area contributed by atoms with Gasteiger partial charge in [-0.15, -0.1) is 0 Å². The Morgan fingerprint density at radius 2 is 2.08 bits per heavy atom. The lowest BCUT2D eigenvalue weighted by molar-refractivity contribution is 0.136. The third-order valence-corrected chi connectivity index (χ3v) is 1.12. The highest BCUT2D eigenvalue weighted by atomic mass is 32.1. The smallest absolute Gasteiger partial charge is 0.364 e. The lowest BCUT2D eigenvalue weighted by Gasteiger charge is -2.11. The molecule has 1 atom stereocenters. The number of nitrogens with zero attached hydrogens (tertiary/aromatic N) is 2. The van der Waals surface area contributed by atoms with Gasteiger partial charge in [-0.05, 0) is 27.7 Å². The fourth-order valence-electron chi connectivity index (χ4n) is 0.577. The average molecular weight is 204 g/mol. The van der Waals surface area contributed by atoms with Gasteiger partial charge in [0.05, 0.1) is 12.1 Å². The second kappa shape index (κ2) is 5.21. The van der Waals surface area contributed by atoms with Crippen LogP contribution in [-0.2, 0) is 4.74 Å². The van der Waals surface area contributed by atoms with Crippen molar-refractivity contribution in [1.29, 1.82) is 0 Å². The van der Waals surface area contributed by atoms with Crippen molar-refractivity contribution in [2.24, 2.45) is 10.2 Å². The van der Waals surface area contributed by atoms with Crippen LogP contribution >= 0.6 is 12.6 Å². The van der Waals surface area contributed by atoms with Gasteiger partial charge in [0.25, 0.3) is 0 Å². The van der Waals surface area contributed by atoms with E-state index in [0.29, 0.717) is 6.54 Å². The molecule has 0 radical (unpaired) electrons. The van der Waals surface area contributed by atoms with E-state index in [9.17, 15) is 4.79 Å². The summed E-state index contributed by atoms with van der Waals surface area (Å²) in [6, 6.07) is 0. The van der Waals surface area contributed by atoms with Crippen molar-refractivity contribution in [2.75, 3.05) is 6.54 Å². The van der Waals surface area contributed by atoms with E-state index in [1.165, 1.54) is 0 Å². The maximum absolute atomic E-state index is 10.4. The zero-order chi connectivity index (χ0) is 10.5. The van der Waals surface area contributed by atoms with Gasteiger partial charge in [-0.3, -0.25) is 0 Å². The number of hydrogen-bond donors (Lipinski definition) is 1. The largest absolute Gasteiger partial charge is 0.453 e. The standard InChI is InChI=1S/C8H16N2O2S/c1-6(12-7(11)13)5-9-10-8(2,3)4/h6H,5H2,1-4H3,(H,11,13). The minimum absolute atomic E-state index is 0.176. The zero-order valence-corrected chi connectivity index (χ0v) is 9.34. The molecule has 0 aromatic carbocycles. The molecule has 0 saturated heterocycles. The monoisotopic (exact) mass is 204 g/mol. The van der Waals surface area contributed by atoms with E-state index in [-0.39, 0.29) is 11.6 Å². The maximum Gasteiger partial charge on any atom is 0.364 e. The van der Waals surface area contributed by atoms with Gasteiger partial charge in [0.2, 0.25) is 0 Å². The molecule has 4 nitrogen and oxygen atoms in total. The van der Waals surface area contributed by atoms with E-state index in [2.05, 4.69) is 22.9 Å². The highest BCUT2D eigenvalue weighted by Crippen LogP contribution is 2.07. The van der Waals surface area contributed by atoms with E-state index in [1.54, 1.807) is 6.92 Å². The molecule has 0 amide bonds. The summed E-state index contributed by atoms with van der Waals surface area (Å²) in [5.74, 6) is 0. The fraction of sp³-hybridized carbons (Fsp3) is 0.875. The predicted octanol–water partition coefficient (Wildman–Crippen LogP) is 2.69. The third-order valence-electron chi connectivity index (χ3n) is 1.01. The van der Waals surface area contributed by atoms with Crippen LogP contribution in [0.3, 0.4) is 0 Å². The first-order valence-corrected chi connectivity index (χ1v) is 4.54. The Balaban J connectivity index is 3.76. The van der Waals surface area contributed by atoms with Crippen molar-refractivity contribution < 1.29 is 9.53 Å². The Bertz CT molecular complexity index is 199. The summed E-state index contributed by atoms with van der Waals surface area (Å²) in [6.07, 6.45) is -0.268. The average Bonchev–Trinajstić information content (AvgIpc) is 1.81. The van der Waals surface area contributed by atoms with E-state index in [4.69, 9.17) is 4.74 Å². The Morgan fingerprint density at radius 3 is 2.46 bits per heavy atom. The number of carbonyl (C=O) groups excluding carboxylic acids is 1. The summed E-state index contributed by atoms with van der Waals surface area (Å²) < 4.78 is 4.74. The summed E-state index contributed by atoms with van der Waals surface area (Å²) in [4.78, 5) is 10.4. The van der Waals surface area contributed by atoms with Gasteiger partial charge in [-0.2, -0.15) is 10.2 Å². The van der Waals surface area contributed by atoms with Gasteiger partial charge in [0.1, 0.15) is 6.10 Å². The van der Waals surface area contributed by atoms with Gasteiger partial charge in [-0.1, -0.05) is 12.6 Å². The van der Waals surface area contributed by atoms with E-state index in [1.807, 2.05) is 20.8 Å². The van der Waals surface area contributed by atoms with Gasteiger partial charge < -0.3 is 4.74 Å². The first-order valence-electron chi connectivity index (χ1n) is 4.09. The van der Waals surface area contributed by atoms with Crippen LogP contribution in [0.25, 0.3) is 0 Å². The molecule has 0 aliphatic rings. The van der Waals surface area contributed by atoms with Crippen LogP contribution in [0.5, 0.6) is 0 Å². The normalized spacial score (nSPS) is 14.5. The first kappa shape index (κ1) is 12.4. The van der Waals surface area contributed by atoms with Crippen LogP contribution in [0, 0.1) is 0 Å². The van der Waals surface area contributed by atoms with Crippen LogP contribution in [-0.4, -0.2) is 23.5 Å². The summed E-state index contributed by atoms with van der Waals surface area (Å²) in [6.45, 7) is 7.97. The lowest BCUT2D eigenvalue weighted by Crippen LogP contribution is -2.14. The molecule has 0 heterocycles. The molecule has 0 saturated carbocycles. The van der Waals surface area contributed by atoms with Crippen LogP contribution in [0.2, 0.25) is 0 Å². The molecule has 0 aromatic rings. The highest BCUT2D eigenvalue weighted by molar-refractivity contribution is 7.96. The fourth-order valence-corrected chi connectivity index (χ4v) is 0.757. The van der Waals surface area contributed by atoms with E-state index in [0.717, 1.165) is 0 Å². The van der Waals surface area contributed by atoms with Crippen molar-refractivity contribution >= 4 is 17.9 Å². The molecule has 76 valence electrons. The minimum Gasteiger partial charge on any atom is -0.453 e. The lowest BCUT2D eigenvalue weighted by atomic mass is 10.1. The molecule has 0 bridgehead atoms. The highest BCUT2D eigenvalue weighted by Gasteiger charge is 2.08. The number of hydrogen-bond acceptors (Lipinski definition) is 4. The Morgan fingerprint density at radius 1 is 1.54 bits per heavy atom. The molecule has 0 rings (SSSR count). The topological polar surface area (TPSA) is 51.0 Å². The number of rotatable bonds is 3. The number of carbonyl (C=O) groups is 1. The number of ether oxygens (including phenoxy) is 1. The van der Waals surface area contributed by atoms with Crippen molar-refractivity contribution in [1.82, 2.24) is 0 Å². The van der Waals surface area contributed by atoms with Gasteiger partial charge in [0, 0.05) is 0 Å². The molecule has 13 heavy (non-hydrogen) atoms. The molecule has 0 aliphatic carbocycles. The predicted molar refractivity (Wildman–Crippen MR) is 54.4 cm³/mol. The quantitative estimate of drug-likeness (QED) is 0.436. The Hall–Kier alpha value is -0.580. The van der Waals surface area contributed by atoms with Gasteiger partial charge in [-0.25, -0.2) is 4.79 Å². The Labute approximate surface area is 84.2 Å². The molecular weight excluding hydrogens is 188 g/mol. The van der Waals surface area contributed by atoms with Gasteiger partial charge in [0.15, 0.2) is 0 Å². The third kappa shape index (κ3) is 9.33. The molecule has 5 heteroatoms. The van der Waals surface area contributed by atoms with Crippen molar-refractivity contribution in [3.8, 4) is 0 Å². The van der Waals surface area contributed by atoms with Crippen molar-refractivity contribution in [2.45, 2.75) is 39.3 Å². The SMILES string of the molecule is CC(CN=NC(C)(C)C)OC(=O)S. The second-order valence-corrected chi connectivity index (χ2v) is 4.15. The van der Waals surface area contributed by atoms with Crippen LogP contribution in [0.15, 0.2) is 10.2 Å². The summed E-state index contributed by atoms with van der Waals surface area (Å²) >= 11 is 3.48. The Kier molecular flexibility index (Phi) is 4.98. The van der Waals surface area contributed by atoms with Crippen molar-refractivity contribution in [3.05, 3.63) is 0 Å². The summed E-state index contributed by atoms with van der Waals surface area (Å²) in [5.41, 5.74) is -0.176. The van der Waals surface area contributed by atoms with Crippen molar-refractivity contribution in [3.63, 3.8) is 0 Å². The molecule has 0 aliphatic heterocycles. The molecule has 0 aromatic heterocycles. The maximum atomic E-state index is 10.4. The minimum atomic E-state index is -0.585. The van der Waals surface area contributed by atoms with Crippen LogP contribution in [0.1, 0.15) is 27.7 Å². The van der Waals surface area contributed by atoms with Gasteiger partial charge >= 0.3 is 5.30 Å². The van der Waals surface area contributed by atoms with E-state index < -0.39 is 5.30 Å². The number of azo groups is 1. The van der Waals surface area contributed by atoms with Crippen LogP contribution in [0.4, 0.5) is 4.79 Å². The summed E-state index contributed by atoms with van der Waals surface area (Å²) in [5, 5.41) is 7.34. The molecular formula is C8H16N2O2S. The zero-order valence-electron chi connectivity index (χ0n) is 8.44. The summed E-state index contributed by atoms with van der Waals surface area (Å²) in [7, 11) is 0. The molecule has 0 N–H and O–H groups in total. The van der Waals surface area contributed by atoms with Crippen LogP contribution < -0.4 is 0 Å². The first-order chi connectivity index (χ1) is 5.81. The second-order valence-electron chi connectivity index (χ2n) is 3.79. The van der Waals surface area contributed by atoms with E-state index >= 15 is 0 Å². The molecule has 1 unspecified atom stereocenters. The molecule has 0 fully saturated rings. The number of thiol groups is 1.